The van der Waals surface area contributed by atoms with Crippen molar-refractivity contribution in [3.8, 4) is 0 Å². The lowest BCUT2D eigenvalue weighted by Crippen LogP contribution is -2.49. The molecule has 0 radical (unpaired) electrons. The summed E-state index contributed by atoms with van der Waals surface area (Å²) in [6.45, 7) is 6.55. The lowest BCUT2D eigenvalue weighted by atomic mass is 10.2. The van der Waals surface area contributed by atoms with E-state index in [0.29, 0.717) is 17.8 Å². The fourth-order valence-corrected chi connectivity index (χ4v) is 1.71. The van der Waals surface area contributed by atoms with Crippen molar-refractivity contribution in [2.45, 2.75) is 26.0 Å². The van der Waals surface area contributed by atoms with Crippen molar-refractivity contribution in [3.63, 3.8) is 0 Å². The summed E-state index contributed by atoms with van der Waals surface area (Å²) in [6.07, 6.45) is -0.591. The molecule has 0 saturated carbocycles. The summed E-state index contributed by atoms with van der Waals surface area (Å²) < 4.78 is 0. The van der Waals surface area contributed by atoms with Gasteiger partial charge in [0.15, 0.2) is 5.82 Å². The third-order valence-electron chi connectivity index (χ3n) is 2.54. The van der Waals surface area contributed by atoms with Gasteiger partial charge in [-0.15, -0.1) is 5.10 Å². The van der Waals surface area contributed by atoms with Crippen LogP contribution in [-0.2, 0) is 0 Å². The Bertz CT molecular complexity index is 324. The largest absolute Gasteiger partial charge is 0.385 e. The second kappa shape index (κ2) is 4.16. The molecule has 1 aliphatic heterocycles. The van der Waals surface area contributed by atoms with Crippen LogP contribution in [0, 0.1) is 0 Å². The molecular weight excluding hydrogens is 194 g/mol. The smallest absolute Gasteiger partial charge is 0.244 e. The molecule has 0 bridgehead atoms. The Hall–Kier alpha value is -1.14. The van der Waals surface area contributed by atoms with Gasteiger partial charge in [-0.25, -0.2) is 0 Å². The van der Waals surface area contributed by atoms with Gasteiger partial charge in [0, 0.05) is 25.7 Å². The summed E-state index contributed by atoms with van der Waals surface area (Å²) in [7, 11) is 0. The van der Waals surface area contributed by atoms with Gasteiger partial charge in [0.1, 0.15) is 6.10 Å². The molecule has 1 fully saturated rings. The van der Waals surface area contributed by atoms with Gasteiger partial charge >= 0.3 is 0 Å². The van der Waals surface area contributed by atoms with Crippen molar-refractivity contribution in [2.75, 3.05) is 24.5 Å². The second-order valence-electron chi connectivity index (χ2n) is 4.00. The van der Waals surface area contributed by atoms with Crippen molar-refractivity contribution in [1.29, 1.82) is 0 Å². The molecule has 0 spiro atoms. The molecule has 1 aliphatic rings. The summed E-state index contributed by atoms with van der Waals surface area (Å²) in [5, 5.41) is 19.5. The Morgan fingerprint density at radius 1 is 1.60 bits per heavy atom. The Kier molecular flexibility index (Phi) is 2.88. The molecule has 6 heteroatoms. The van der Waals surface area contributed by atoms with Crippen LogP contribution in [0.1, 0.15) is 25.8 Å². The molecule has 2 atom stereocenters. The van der Waals surface area contributed by atoms with Gasteiger partial charge in [0.2, 0.25) is 5.95 Å². The zero-order valence-corrected chi connectivity index (χ0v) is 9.06. The van der Waals surface area contributed by atoms with Crippen LogP contribution >= 0.6 is 0 Å². The molecule has 1 saturated heterocycles. The van der Waals surface area contributed by atoms with Gasteiger partial charge in [-0.2, -0.15) is 4.98 Å². The highest BCUT2D eigenvalue weighted by Crippen LogP contribution is 2.13. The van der Waals surface area contributed by atoms with E-state index in [1.807, 2.05) is 0 Å². The quantitative estimate of drug-likeness (QED) is 0.623. The first-order chi connectivity index (χ1) is 7.16. The molecule has 0 aliphatic carbocycles. The van der Waals surface area contributed by atoms with Crippen molar-refractivity contribution in [3.05, 3.63) is 5.82 Å². The van der Waals surface area contributed by atoms with Gasteiger partial charge in [-0.3, -0.25) is 5.10 Å². The van der Waals surface area contributed by atoms with Crippen LogP contribution in [0.3, 0.4) is 0 Å². The number of nitrogens with one attached hydrogen (secondary N) is 2. The van der Waals surface area contributed by atoms with E-state index in [1.165, 1.54) is 0 Å². The number of aliphatic hydroxyl groups excluding tert-OH is 1. The van der Waals surface area contributed by atoms with Gasteiger partial charge in [-0.05, 0) is 13.8 Å². The number of aliphatic hydroxyl groups is 1. The fourth-order valence-electron chi connectivity index (χ4n) is 1.71. The summed E-state index contributed by atoms with van der Waals surface area (Å²) in [5.74, 6) is 1.20. The maximum absolute atomic E-state index is 9.32. The number of rotatable bonds is 2. The number of hydrogen-bond donors (Lipinski definition) is 3. The highest BCUT2D eigenvalue weighted by molar-refractivity contribution is 5.30. The molecule has 6 nitrogen and oxygen atoms in total. The lowest BCUT2D eigenvalue weighted by molar-refractivity contribution is 0.189. The summed E-state index contributed by atoms with van der Waals surface area (Å²) in [4.78, 5) is 6.36. The van der Waals surface area contributed by atoms with E-state index in [9.17, 15) is 5.11 Å². The third kappa shape index (κ3) is 2.27. The van der Waals surface area contributed by atoms with E-state index in [4.69, 9.17) is 0 Å². The maximum Gasteiger partial charge on any atom is 0.244 e. The minimum Gasteiger partial charge on any atom is -0.385 e. The van der Waals surface area contributed by atoms with Crippen molar-refractivity contribution >= 4 is 5.95 Å². The Morgan fingerprint density at radius 3 is 3.00 bits per heavy atom. The van der Waals surface area contributed by atoms with Crippen molar-refractivity contribution in [1.82, 2.24) is 20.5 Å². The maximum atomic E-state index is 9.32. The number of anilines is 1. The highest BCUT2D eigenvalue weighted by Gasteiger charge is 2.19. The van der Waals surface area contributed by atoms with Gasteiger partial charge in [0.05, 0.1) is 0 Å². The van der Waals surface area contributed by atoms with Crippen molar-refractivity contribution in [2.24, 2.45) is 0 Å². The minimum atomic E-state index is -0.591. The third-order valence-corrected chi connectivity index (χ3v) is 2.54. The molecule has 0 amide bonds. The van der Waals surface area contributed by atoms with Crippen LogP contribution < -0.4 is 10.2 Å². The molecule has 2 rings (SSSR count). The van der Waals surface area contributed by atoms with Gasteiger partial charge in [-0.1, -0.05) is 0 Å². The Labute approximate surface area is 88.7 Å². The van der Waals surface area contributed by atoms with Crippen LogP contribution in [0.5, 0.6) is 0 Å². The highest BCUT2D eigenvalue weighted by atomic mass is 16.3. The molecule has 0 unspecified atom stereocenters. The molecule has 0 aromatic carbocycles. The van der Waals surface area contributed by atoms with Crippen molar-refractivity contribution < 1.29 is 5.11 Å². The van der Waals surface area contributed by atoms with Crippen LogP contribution in [0.4, 0.5) is 5.95 Å². The van der Waals surface area contributed by atoms with Crippen LogP contribution in [0.15, 0.2) is 0 Å². The number of hydrogen-bond acceptors (Lipinski definition) is 5. The molecule has 1 aromatic heterocycles. The fraction of sp³-hybridized carbons (Fsp3) is 0.778. The molecule has 15 heavy (non-hydrogen) atoms. The summed E-state index contributed by atoms with van der Waals surface area (Å²) >= 11 is 0. The number of H-pyrrole nitrogens is 1. The normalized spacial score (nSPS) is 24.2. The number of aromatic amines is 1. The van der Waals surface area contributed by atoms with Crippen LogP contribution in [-0.4, -0.2) is 46.0 Å². The van der Waals surface area contributed by atoms with E-state index in [1.54, 1.807) is 6.92 Å². The predicted octanol–water partition coefficient (Wildman–Crippen LogP) is -0.344. The standard InChI is InChI=1S/C9H17N5O/c1-6-5-14(4-3-10-6)9-11-8(7(2)15)12-13-9/h6-7,10,15H,3-5H2,1-2H3,(H,11,12,13)/t6-,7+/m1/s1. The van der Waals surface area contributed by atoms with E-state index in [0.717, 1.165) is 19.6 Å². The topological polar surface area (TPSA) is 77.1 Å². The van der Waals surface area contributed by atoms with Gasteiger partial charge in [0.25, 0.3) is 0 Å². The minimum absolute atomic E-state index is 0.451. The molecule has 1 aromatic rings. The Balaban J connectivity index is 2.08. The zero-order valence-electron chi connectivity index (χ0n) is 9.06. The first-order valence-corrected chi connectivity index (χ1v) is 5.25. The van der Waals surface area contributed by atoms with E-state index in [2.05, 4.69) is 32.3 Å². The van der Waals surface area contributed by atoms with E-state index < -0.39 is 6.10 Å². The average molecular weight is 211 g/mol. The van der Waals surface area contributed by atoms with E-state index in [-0.39, 0.29) is 0 Å². The molecular formula is C9H17N5O. The summed E-state index contributed by atoms with van der Waals surface area (Å²) in [5.41, 5.74) is 0. The monoisotopic (exact) mass is 211 g/mol. The van der Waals surface area contributed by atoms with Crippen LogP contribution in [0.25, 0.3) is 0 Å². The SMILES string of the molecule is C[C@@H]1CN(c2n[nH]c([C@H](C)O)n2)CCN1. The number of nitrogens with zero attached hydrogens (tertiary/aromatic N) is 3. The Morgan fingerprint density at radius 2 is 2.40 bits per heavy atom. The first-order valence-electron chi connectivity index (χ1n) is 5.25. The average Bonchev–Trinajstić information content (AvgIpc) is 2.66. The molecule has 3 N–H and O–H groups in total. The predicted molar refractivity (Wildman–Crippen MR) is 56.7 cm³/mol. The van der Waals surface area contributed by atoms with Crippen LogP contribution in [0.2, 0.25) is 0 Å². The second-order valence-corrected chi connectivity index (χ2v) is 4.00. The lowest BCUT2D eigenvalue weighted by Gasteiger charge is -2.30. The molecule has 2 heterocycles. The number of aromatic nitrogens is 3. The summed E-state index contributed by atoms with van der Waals surface area (Å²) in [6, 6.07) is 0.451. The van der Waals surface area contributed by atoms with Gasteiger partial charge < -0.3 is 15.3 Å². The first kappa shape index (κ1) is 10.4. The number of piperazine rings is 1. The van der Waals surface area contributed by atoms with E-state index >= 15 is 0 Å². The zero-order chi connectivity index (χ0) is 10.8. The molecule has 84 valence electrons.